The Kier molecular flexibility index (Phi) is 5.79. The largest absolute Gasteiger partial charge is 0.381 e. The highest BCUT2D eigenvalue weighted by atomic mass is 16.5. The zero-order valence-corrected chi connectivity index (χ0v) is 12.4. The monoisotopic (exact) mass is 286 g/mol. The molecule has 112 valence electrons. The quantitative estimate of drug-likeness (QED) is 0.824. The molecule has 1 aromatic carbocycles. The molecule has 0 saturated carbocycles. The van der Waals surface area contributed by atoms with Crippen molar-refractivity contribution >= 4 is 5.91 Å². The van der Waals surface area contributed by atoms with Gasteiger partial charge in [0.2, 0.25) is 0 Å². The van der Waals surface area contributed by atoms with Crippen molar-refractivity contribution in [3.05, 3.63) is 34.9 Å². The number of carbonyl (C=O) groups is 1. The molecule has 1 aliphatic rings. The van der Waals surface area contributed by atoms with Crippen LogP contribution in [0, 0.1) is 24.7 Å². The summed E-state index contributed by atoms with van der Waals surface area (Å²) in [6.07, 6.45) is 2.07. The SMILES string of the molecule is Cc1c(C#CCN)cccc1C(=O)NCCC1CCOC1. The number of hydrogen-bond acceptors (Lipinski definition) is 3. The van der Waals surface area contributed by atoms with Crippen LogP contribution in [0.15, 0.2) is 18.2 Å². The average Bonchev–Trinajstić information content (AvgIpc) is 2.99. The Bertz CT molecular complexity index is 552. The van der Waals surface area contributed by atoms with Crippen LogP contribution in [0.3, 0.4) is 0 Å². The molecular formula is C17H22N2O2. The van der Waals surface area contributed by atoms with Gasteiger partial charge in [-0.05, 0) is 43.4 Å². The molecule has 4 nitrogen and oxygen atoms in total. The number of nitrogens with two attached hydrogens (primary N) is 1. The minimum absolute atomic E-state index is 0.0391. The standard InChI is InChI=1S/C17H22N2O2/c1-13-15(5-3-9-18)4-2-6-16(13)17(20)19-10-7-14-8-11-21-12-14/h2,4,6,14H,7-12,18H2,1H3,(H,19,20). The minimum Gasteiger partial charge on any atom is -0.381 e. The molecule has 0 aliphatic carbocycles. The first kappa shape index (κ1) is 15.6. The van der Waals surface area contributed by atoms with Gasteiger partial charge in [0.05, 0.1) is 6.54 Å². The number of benzene rings is 1. The average molecular weight is 286 g/mol. The fraction of sp³-hybridized carbons (Fsp3) is 0.471. The predicted octanol–water partition coefficient (Wildman–Crippen LogP) is 1.46. The van der Waals surface area contributed by atoms with E-state index in [2.05, 4.69) is 17.2 Å². The molecule has 1 heterocycles. The second-order valence-electron chi connectivity index (χ2n) is 5.26. The maximum Gasteiger partial charge on any atom is 0.251 e. The Morgan fingerprint density at radius 2 is 2.38 bits per heavy atom. The molecule has 1 aromatic rings. The summed E-state index contributed by atoms with van der Waals surface area (Å²) in [6.45, 7) is 4.59. The summed E-state index contributed by atoms with van der Waals surface area (Å²) in [5.74, 6) is 6.36. The van der Waals surface area contributed by atoms with E-state index >= 15 is 0 Å². The van der Waals surface area contributed by atoms with Crippen molar-refractivity contribution in [1.82, 2.24) is 5.32 Å². The molecule has 0 spiro atoms. The summed E-state index contributed by atoms with van der Waals surface area (Å²) in [5.41, 5.74) is 7.83. The molecule has 3 N–H and O–H groups in total. The normalized spacial score (nSPS) is 17.1. The summed E-state index contributed by atoms with van der Waals surface area (Å²) in [5, 5.41) is 2.98. The van der Waals surface area contributed by atoms with E-state index in [1.807, 2.05) is 25.1 Å². The summed E-state index contributed by atoms with van der Waals surface area (Å²) < 4.78 is 5.33. The van der Waals surface area contributed by atoms with Crippen LogP contribution in [0.4, 0.5) is 0 Å². The van der Waals surface area contributed by atoms with Gasteiger partial charge in [0.25, 0.3) is 5.91 Å². The van der Waals surface area contributed by atoms with Gasteiger partial charge in [-0.1, -0.05) is 17.9 Å². The Labute approximate surface area is 126 Å². The van der Waals surface area contributed by atoms with Crippen molar-refractivity contribution in [2.24, 2.45) is 11.7 Å². The van der Waals surface area contributed by atoms with E-state index in [1.54, 1.807) is 0 Å². The second kappa shape index (κ2) is 7.82. The van der Waals surface area contributed by atoms with Gasteiger partial charge in [0.1, 0.15) is 0 Å². The number of ether oxygens (including phenoxy) is 1. The first-order chi connectivity index (χ1) is 10.2. The number of nitrogens with one attached hydrogen (secondary N) is 1. The highest BCUT2D eigenvalue weighted by Crippen LogP contribution is 2.16. The lowest BCUT2D eigenvalue weighted by Crippen LogP contribution is -2.26. The molecule has 0 aromatic heterocycles. The van der Waals surface area contributed by atoms with Crippen LogP contribution >= 0.6 is 0 Å². The lowest BCUT2D eigenvalue weighted by atomic mass is 10.0. The lowest BCUT2D eigenvalue weighted by molar-refractivity contribution is 0.0950. The van der Waals surface area contributed by atoms with Crippen LogP contribution in [0.5, 0.6) is 0 Å². The molecule has 0 bridgehead atoms. The Balaban J connectivity index is 1.95. The van der Waals surface area contributed by atoms with Crippen molar-refractivity contribution in [3.8, 4) is 11.8 Å². The minimum atomic E-state index is -0.0391. The fourth-order valence-electron chi connectivity index (χ4n) is 2.46. The number of rotatable bonds is 4. The van der Waals surface area contributed by atoms with Crippen molar-refractivity contribution < 1.29 is 9.53 Å². The van der Waals surface area contributed by atoms with E-state index in [4.69, 9.17) is 10.5 Å². The maximum atomic E-state index is 12.3. The Morgan fingerprint density at radius 3 is 3.10 bits per heavy atom. The highest BCUT2D eigenvalue weighted by Gasteiger charge is 2.16. The van der Waals surface area contributed by atoms with Gasteiger partial charge >= 0.3 is 0 Å². The molecule has 1 unspecified atom stereocenters. The lowest BCUT2D eigenvalue weighted by Gasteiger charge is -2.11. The summed E-state index contributed by atoms with van der Waals surface area (Å²) >= 11 is 0. The van der Waals surface area contributed by atoms with Gasteiger partial charge in [-0.15, -0.1) is 0 Å². The van der Waals surface area contributed by atoms with Gasteiger partial charge in [-0.3, -0.25) is 4.79 Å². The Hall–Kier alpha value is -1.83. The third-order valence-electron chi connectivity index (χ3n) is 3.77. The molecule has 0 radical (unpaired) electrons. The first-order valence-corrected chi connectivity index (χ1v) is 7.37. The number of hydrogen-bond donors (Lipinski definition) is 2. The molecule has 1 atom stereocenters. The van der Waals surface area contributed by atoms with Crippen LogP contribution in [0.1, 0.15) is 34.3 Å². The Morgan fingerprint density at radius 1 is 1.52 bits per heavy atom. The van der Waals surface area contributed by atoms with Crippen LogP contribution < -0.4 is 11.1 Å². The van der Waals surface area contributed by atoms with E-state index < -0.39 is 0 Å². The second-order valence-corrected chi connectivity index (χ2v) is 5.26. The van der Waals surface area contributed by atoms with Gasteiger partial charge in [0.15, 0.2) is 0 Å². The topological polar surface area (TPSA) is 64.4 Å². The van der Waals surface area contributed by atoms with Crippen LogP contribution in [0.25, 0.3) is 0 Å². The van der Waals surface area contributed by atoms with E-state index in [9.17, 15) is 4.79 Å². The van der Waals surface area contributed by atoms with Gasteiger partial charge in [-0.2, -0.15) is 0 Å². The van der Waals surface area contributed by atoms with E-state index in [0.717, 1.165) is 37.2 Å². The van der Waals surface area contributed by atoms with Crippen molar-refractivity contribution in [2.45, 2.75) is 19.8 Å². The smallest absolute Gasteiger partial charge is 0.251 e. The van der Waals surface area contributed by atoms with Crippen LogP contribution in [-0.4, -0.2) is 32.2 Å². The summed E-state index contributed by atoms with van der Waals surface area (Å²) in [7, 11) is 0. The number of carbonyl (C=O) groups excluding carboxylic acids is 1. The third-order valence-corrected chi connectivity index (χ3v) is 3.77. The van der Waals surface area contributed by atoms with Crippen molar-refractivity contribution in [3.63, 3.8) is 0 Å². The van der Waals surface area contributed by atoms with Crippen molar-refractivity contribution in [1.29, 1.82) is 0 Å². The van der Waals surface area contributed by atoms with Gasteiger partial charge in [0, 0.05) is 30.9 Å². The maximum absolute atomic E-state index is 12.3. The highest BCUT2D eigenvalue weighted by molar-refractivity contribution is 5.96. The zero-order valence-electron chi connectivity index (χ0n) is 12.4. The van der Waals surface area contributed by atoms with Gasteiger partial charge < -0.3 is 15.8 Å². The van der Waals surface area contributed by atoms with E-state index in [0.29, 0.717) is 24.6 Å². The molecule has 21 heavy (non-hydrogen) atoms. The summed E-state index contributed by atoms with van der Waals surface area (Å²) in [4.78, 5) is 12.3. The van der Waals surface area contributed by atoms with Crippen molar-refractivity contribution in [2.75, 3.05) is 26.3 Å². The molecule has 1 aliphatic heterocycles. The fourth-order valence-corrected chi connectivity index (χ4v) is 2.46. The molecule has 4 heteroatoms. The number of amides is 1. The predicted molar refractivity (Wildman–Crippen MR) is 83.0 cm³/mol. The molecule has 1 fully saturated rings. The molecular weight excluding hydrogens is 264 g/mol. The van der Waals surface area contributed by atoms with Crippen LogP contribution in [0.2, 0.25) is 0 Å². The van der Waals surface area contributed by atoms with Gasteiger partial charge in [-0.25, -0.2) is 0 Å². The molecule has 1 amide bonds. The summed E-state index contributed by atoms with van der Waals surface area (Å²) in [6, 6.07) is 5.59. The van der Waals surface area contributed by atoms with E-state index in [1.165, 1.54) is 0 Å². The molecule has 1 saturated heterocycles. The third kappa shape index (κ3) is 4.32. The van der Waals surface area contributed by atoms with Crippen LogP contribution in [-0.2, 0) is 4.74 Å². The molecule has 2 rings (SSSR count). The first-order valence-electron chi connectivity index (χ1n) is 7.37. The van der Waals surface area contributed by atoms with E-state index in [-0.39, 0.29) is 5.91 Å². The zero-order chi connectivity index (χ0) is 15.1.